The van der Waals surface area contributed by atoms with E-state index in [1.54, 1.807) is 31.1 Å². The van der Waals surface area contributed by atoms with Crippen molar-refractivity contribution < 1.29 is 34.2 Å². The van der Waals surface area contributed by atoms with Gasteiger partial charge in [-0.05, 0) is 44.5 Å². The van der Waals surface area contributed by atoms with Gasteiger partial charge < -0.3 is 25.6 Å². The second kappa shape index (κ2) is 7.15. The number of aliphatic hydroxyl groups is 2. The van der Waals surface area contributed by atoms with Crippen LogP contribution >= 0.6 is 9.47 Å². The Bertz CT molecular complexity index is 1090. The summed E-state index contributed by atoms with van der Waals surface area (Å²) < 4.78 is 5.50. The van der Waals surface area contributed by atoms with Crippen LogP contribution in [0, 0.1) is 11.8 Å². The number of hydrogen-bond acceptors (Lipinski definition) is 8. The van der Waals surface area contributed by atoms with E-state index in [4.69, 9.17) is 10.3 Å². The molecule has 9 nitrogen and oxygen atoms in total. The molecule has 1 saturated carbocycles. The second-order valence-corrected chi connectivity index (χ2v) is 8.60. The minimum Gasteiger partial charge on any atom is -0.508 e. The first-order valence-electron chi connectivity index (χ1n) is 9.69. The molecule has 1 unspecified atom stereocenters. The fourth-order valence-corrected chi connectivity index (χ4v) is 5.75. The van der Waals surface area contributed by atoms with Crippen molar-refractivity contribution in [1.29, 1.82) is 0 Å². The Kier molecular flexibility index (Phi) is 4.96. The molecule has 1 amide bonds. The Morgan fingerprint density at radius 2 is 1.94 bits per heavy atom. The van der Waals surface area contributed by atoms with Gasteiger partial charge in [0.2, 0.25) is 5.78 Å². The number of benzene rings is 1. The topological polar surface area (TPSA) is 150 Å². The summed E-state index contributed by atoms with van der Waals surface area (Å²) in [7, 11) is 5.17. The third-order valence-electron chi connectivity index (χ3n) is 6.61. The van der Waals surface area contributed by atoms with Crippen molar-refractivity contribution in [3.05, 3.63) is 46.2 Å². The number of phenols is 1. The average molecular weight is 446 g/mol. The van der Waals surface area contributed by atoms with Crippen LogP contribution in [0.15, 0.2) is 35.1 Å². The summed E-state index contributed by atoms with van der Waals surface area (Å²) in [5.74, 6) is -5.38. The van der Waals surface area contributed by atoms with Crippen LogP contribution in [0.2, 0.25) is 0 Å². The highest BCUT2D eigenvalue weighted by Gasteiger charge is 2.65. The number of amides is 1. The molecular formula is C21H23N2O7P. The highest BCUT2D eigenvalue weighted by molar-refractivity contribution is 7.10. The van der Waals surface area contributed by atoms with Crippen LogP contribution in [0.1, 0.15) is 17.5 Å². The number of rotatable bonds is 3. The Hall–Kier alpha value is -2.74. The van der Waals surface area contributed by atoms with Gasteiger partial charge in [0.1, 0.15) is 22.8 Å². The Morgan fingerprint density at radius 3 is 2.52 bits per heavy atom. The van der Waals surface area contributed by atoms with Gasteiger partial charge in [-0.1, -0.05) is 12.1 Å². The molecule has 1 fully saturated rings. The first kappa shape index (κ1) is 21.5. The lowest BCUT2D eigenvalue weighted by Gasteiger charge is -2.51. The summed E-state index contributed by atoms with van der Waals surface area (Å²) in [6, 6.07) is 3.83. The summed E-state index contributed by atoms with van der Waals surface area (Å²) in [6.07, 6.45) is 0.555. The molecule has 0 saturated heterocycles. The molecule has 3 aliphatic carbocycles. The van der Waals surface area contributed by atoms with Crippen LogP contribution in [0.3, 0.4) is 0 Å². The van der Waals surface area contributed by atoms with Crippen molar-refractivity contribution in [3.8, 4) is 5.75 Å². The summed E-state index contributed by atoms with van der Waals surface area (Å²) in [6.45, 7) is 0. The minimum atomic E-state index is -2.10. The quantitative estimate of drug-likeness (QED) is 0.393. The maximum absolute atomic E-state index is 13.8. The summed E-state index contributed by atoms with van der Waals surface area (Å²) in [5, 5.41) is 32.2. The van der Waals surface area contributed by atoms with Gasteiger partial charge in [0.25, 0.3) is 5.91 Å². The zero-order chi connectivity index (χ0) is 22.8. The number of ketones is 2. The maximum atomic E-state index is 13.8. The molecule has 0 spiro atoms. The number of nitrogens with zero attached hydrogens (tertiary/aromatic N) is 1. The van der Waals surface area contributed by atoms with Gasteiger partial charge in [0, 0.05) is 21.0 Å². The summed E-state index contributed by atoms with van der Waals surface area (Å²) in [4.78, 5) is 40.5. The Labute approximate surface area is 180 Å². The Balaban J connectivity index is 2.02. The zero-order valence-corrected chi connectivity index (χ0v) is 18.1. The number of hydrogen-bond donors (Lipinski definition) is 4. The largest absolute Gasteiger partial charge is 0.508 e. The normalized spacial score (nSPS) is 30.3. The third kappa shape index (κ3) is 2.70. The predicted molar refractivity (Wildman–Crippen MR) is 113 cm³/mol. The van der Waals surface area contributed by atoms with Crippen LogP contribution in [-0.2, 0) is 25.3 Å². The maximum Gasteiger partial charge on any atom is 0.255 e. The van der Waals surface area contributed by atoms with Crippen LogP contribution in [0.5, 0.6) is 5.75 Å². The zero-order valence-electron chi connectivity index (χ0n) is 17.0. The van der Waals surface area contributed by atoms with Gasteiger partial charge in [0.05, 0.1) is 11.6 Å². The molecule has 5 atom stereocenters. The molecule has 0 radical (unpaired) electrons. The minimum absolute atomic E-state index is 0.0186. The fourth-order valence-electron chi connectivity index (χ4n) is 5.36. The van der Waals surface area contributed by atoms with E-state index in [1.807, 2.05) is 9.47 Å². The number of aliphatic hydroxyl groups excluding tert-OH is 2. The molecule has 0 aliphatic heterocycles. The SMILES string of the molecule is CN(C)[C@@H]1C(=O)C(C(N)=O)=C(O)[C@@]2(OP)C(=O)C3=C(O)c4c(O)cccc4C[C@H]3C[C@@H]12. The van der Waals surface area contributed by atoms with Gasteiger partial charge in [-0.15, -0.1) is 0 Å². The molecule has 1 aromatic rings. The number of fused-ring (bicyclic) bond motifs is 3. The van der Waals surface area contributed by atoms with E-state index in [-0.39, 0.29) is 23.3 Å². The van der Waals surface area contributed by atoms with E-state index in [0.29, 0.717) is 12.0 Å². The number of primary amides is 1. The van der Waals surface area contributed by atoms with Crippen LogP contribution in [-0.4, -0.2) is 63.4 Å². The van der Waals surface area contributed by atoms with Crippen LogP contribution in [0.25, 0.3) is 5.76 Å². The van der Waals surface area contributed by atoms with E-state index < -0.39 is 58.0 Å². The van der Waals surface area contributed by atoms with E-state index >= 15 is 0 Å². The van der Waals surface area contributed by atoms with Crippen molar-refractivity contribution in [2.45, 2.75) is 24.5 Å². The fraction of sp³-hybridized carbons (Fsp3) is 0.381. The molecule has 4 rings (SSSR count). The molecule has 5 N–H and O–H groups in total. The number of Topliss-reactive ketones (excluding diaryl/α,β-unsaturated/α-hetero) is 2. The summed E-state index contributed by atoms with van der Waals surface area (Å²) in [5.41, 5.74) is 3.38. The number of carbonyl (C=O) groups excluding carboxylic acids is 3. The van der Waals surface area contributed by atoms with Crippen molar-refractivity contribution in [3.63, 3.8) is 0 Å². The molecular weight excluding hydrogens is 423 g/mol. The van der Waals surface area contributed by atoms with Gasteiger partial charge >= 0.3 is 0 Å². The molecule has 31 heavy (non-hydrogen) atoms. The van der Waals surface area contributed by atoms with Gasteiger partial charge in [-0.3, -0.25) is 19.3 Å². The predicted octanol–water partition coefficient (Wildman–Crippen LogP) is 0.778. The second-order valence-electron chi connectivity index (χ2n) is 8.36. The highest BCUT2D eigenvalue weighted by atomic mass is 31.0. The van der Waals surface area contributed by atoms with Crippen molar-refractivity contribution in [2.24, 2.45) is 17.6 Å². The summed E-state index contributed by atoms with van der Waals surface area (Å²) >= 11 is 0. The van der Waals surface area contributed by atoms with Gasteiger partial charge in [-0.2, -0.15) is 0 Å². The molecule has 164 valence electrons. The number of nitrogens with two attached hydrogens (primary N) is 1. The van der Waals surface area contributed by atoms with E-state index in [2.05, 4.69) is 0 Å². The van der Waals surface area contributed by atoms with Crippen molar-refractivity contribution >= 4 is 32.7 Å². The Morgan fingerprint density at radius 1 is 1.26 bits per heavy atom. The van der Waals surface area contributed by atoms with E-state index in [1.165, 1.54) is 6.07 Å². The smallest absolute Gasteiger partial charge is 0.255 e. The van der Waals surface area contributed by atoms with Gasteiger partial charge in [0.15, 0.2) is 11.4 Å². The number of phenolic OH excluding ortho intramolecular Hbond substituents is 1. The molecule has 10 heteroatoms. The molecule has 1 aromatic carbocycles. The monoisotopic (exact) mass is 446 g/mol. The van der Waals surface area contributed by atoms with E-state index in [9.17, 15) is 29.7 Å². The first-order valence-corrected chi connectivity index (χ1v) is 10.2. The van der Waals surface area contributed by atoms with Crippen molar-refractivity contribution in [2.75, 3.05) is 14.1 Å². The molecule has 0 aromatic heterocycles. The lowest BCUT2D eigenvalue weighted by Crippen LogP contribution is -2.66. The van der Waals surface area contributed by atoms with Crippen LogP contribution in [0.4, 0.5) is 0 Å². The van der Waals surface area contributed by atoms with Gasteiger partial charge in [-0.25, -0.2) is 0 Å². The van der Waals surface area contributed by atoms with E-state index in [0.717, 1.165) is 0 Å². The number of carbonyl (C=O) groups is 3. The third-order valence-corrected chi connectivity index (χ3v) is 6.98. The highest BCUT2D eigenvalue weighted by Crippen LogP contribution is 2.54. The molecule has 0 heterocycles. The standard InChI is InChI=1S/C21H23N2O7P/c1-23(2)15-10-7-9-6-8-4-3-5-11(24)12(8)16(25)13(9)18(27)21(10,30-31)19(28)14(17(15)26)20(22)29/h3-5,9-10,15,24-25,28H,6-7,31H2,1-2H3,(H2,22,29)/t9-,10-,15-,21-/m0/s1. The van der Waals surface area contributed by atoms with Crippen molar-refractivity contribution in [1.82, 2.24) is 4.90 Å². The lowest BCUT2D eigenvalue weighted by atomic mass is 9.57. The lowest BCUT2D eigenvalue weighted by molar-refractivity contribution is -0.148. The molecule has 0 bridgehead atoms. The van der Waals surface area contributed by atoms with Crippen LogP contribution < -0.4 is 5.73 Å². The first-order chi connectivity index (χ1) is 14.6. The average Bonchev–Trinajstić information content (AvgIpc) is 2.67. The number of likely N-dealkylation sites (N-methyl/N-ethyl adjacent to an activating group) is 1. The number of aromatic hydroxyl groups is 1. The molecule has 3 aliphatic rings.